The zero-order valence-electron chi connectivity index (χ0n) is 13.0. The first-order chi connectivity index (χ1) is 10.9. The predicted molar refractivity (Wildman–Crippen MR) is 93.0 cm³/mol. The summed E-state index contributed by atoms with van der Waals surface area (Å²) in [6.45, 7) is 2.91. The SMILES string of the molecule is COCCc1ccccc1NC1CCN(c2nccs2)CC1. The molecule has 0 atom stereocenters. The van der Waals surface area contributed by atoms with Crippen LogP contribution in [0.15, 0.2) is 35.8 Å². The Morgan fingerprint density at radius 2 is 2.14 bits per heavy atom. The molecule has 1 aromatic heterocycles. The lowest BCUT2D eigenvalue weighted by Crippen LogP contribution is -2.39. The van der Waals surface area contributed by atoms with E-state index in [1.54, 1.807) is 18.4 Å². The van der Waals surface area contributed by atoms with Gasteiger partial charge in [0.2, 0.25) is 0 Å². The number of piperidine rings is 1. The Bertz CT molecular complexity index is 565. The second kappa shape index (κ2) is 7.61. The Kier molecular flexibility index (Phi) is 5.29. The number of methoxy groups -OCH3 is 1. The molecule has 1 fully saturated rings. The molecule has 0 bridgehead atoms. The lowest BCUT2D eigenvalue weighted by atomic mass is 10.0. The summed E-state index contributed by atoms with van der Waals surface area (Å²) in [4.78, 5) is 6.80. The highest BCUT2D eigenvalue weighted by molar-refractivity contribution is 7.13. The van der Waals surface area contributed by atoms with Gasteiger partial charge in [-0.2, -0.15) is 0 Å². The molecular formula is C17H23N3OS. The molecule has 1 aliphatic heterocycles. The molecule has 1 saturated heterocycles. The monoisotopic (exact) mass is 317 g/mol. The van der Waals surface area contributed by atoms with Gasteiger partial charge in [-0.05, 0) is 30.9 Å². The molecule has 5 heteroatoms. The van der Waals surface area contributed by atoms with Gasteiger partial charge < -0.3 is 15.0 Å². The third-order valence-corrected chi connectivity index (χ3v) is 4.97. The maximum atomic E-state index is 5.21. The zero-order valence-corrected chi connectivity index (χ0v) is 13.8. The summed E-state index contributed by atoms with van der Waals surface area (Å²) in [6.07, 6.45) is 5.14. The van der Waals surface area contributed by atoms with Crippen LogP contribution in [0, 0.1) is 0 Å². The minimum Gasteiger partial charge on any atom is -0.384 e. The summed E-state index contributed by atoms with van der Waals surface area (Å²) in [5.41, 5.74) is 2.60. The van der Waals surface area contributed by atoms with Crippen molar-refractivity contribution in [1.29, 1.82) is 0 Å². The molecule has 4 nitrogen and oxygen atoms in total. The first-order valence-corrected chi connectivity index (χ1v) is 8.72. The van der Waals surface area contributed by atoms with Gasteiger partial charge in [0.05, 0.1) is 6.61 Å². The molecule has 0 aliphatic carbocycles. The number of aromatic nitrogens is 1. The highest BCUT2D eigenvalue weighted by Crippen LogP contribution is 2.25. The Labute approximate surface area is 136 Å². The maximum Gasteiger partial charge on any atom is 0.185 e. The lowest BCUT2D eigenvalue weighted by Gasteiger charge is -2.33. The van der Waals surface area contributed by atoms with Gasteiger partial charge in [-0.3, -0.25) is 0 Å². The van der Waals surface area contributed by atoms with E-state index in [0.29, 0.717) is 6.04 Å². The highest BCUT2D eigenvalue weighted by atomic mass is 32.1. The molecular weight excluding hydrogens is 294 g/mol. The van der Waals surface area contributed by atoms with Crippen molar-refractivity contribution >= 4 is 22.2 Å². The Morgan fingerprint density at radius 3 is 2.86 bits per heavy atom. The standard InChI is InChI=1S/C17H23N3OS/c1-21-12-8-14-4-2-3-5-16(14)19-15-6-10-20(11-7-15)17-18-9-13-22-17/h2-5,9,13,15,19H,6-8,10-12H2,1H3. The molecule has 1 aliphatic rings. The predicted octanol–water partition coefficient (Wildman–Crippen LogP) is 3.41. The third kappa shape index (κ3) is 3.78. The number of thiazole rings is 1. The van der Waals surface area contributed by atoms with Crippen molar-refractivity contribution in [2.24, 2.45) is 0 Å². The molecule has 1 aromatic carbocycles. The molecule has 0 radical (unpaired) electrons. The molecule has 0 saturated carbocycles. The first-order valence-electron chi connectivity index (χ1n) is 7.84. The van der Waals surface area contributed by atoms with Crippen LogP contribution in [0.3, 0.4) is 0 Å². The van der Waals surface area contributed by atoms with Crippen LogP contribution in [0.5, 0.6) is 0 Å². The second-order valence-electron chi connectivity index (χ2n) is 5.62. The van der Waals surface area contributed by atoms with Crippen molar-refractivity contribution in [2.45, 2.75) is 25.3 Å². The lowest BCUT2D eigenvalue weighted by molar-refractivity contribution is 0.202. The number of hydrogen-bond acceptors (Lipinski definition) is 5. The first kappa shape index (κ1) is 15.3. The minimum absolute atomic E-state index is 0.542. The van der Waals surface area contributed by atoms with Gasteiger partial charge >= 0.3 is 0 Å². The molecule has 2 heterocycles. The molecule has 3 rings (SSSR count). The summed E-state index contributed by atoms with van der Waals surface area (Å²) in [7, 11) is 1.75. The number of para-hydroxylation sites is 1. The maximum absolute atomic E-state index is 5.21. The van der Waals surface area contributed by atoms with Gasteiger partial charge in [0.1, 0.15) is 0 Å². The number of ether oxygens (including phenoxy) is 1. The van der Waals surface area contributed by atoms with E-state index in [4.69, 9.17) is 4.74 Å². The second-order valence-corrected chi connectivity index (χ2v) is 6.49. The molecule has 118 valence electrons. The number of benzene rings is 1. The van der Waals surface area contributed by atoms with Crippen molar-refractivity contribution in [3.63, 3.8) is 0 Å². The Hall–Kier alpha value is -1.59. The average Bonchev–Trinajstić information content (AvgIpc) is 3.09. The molecule has 1 N–H and O–H groups in total. The van der Waals surface area contributed by atoms with Crippen molar-refractivity contribution in [2.75, 3.05) is 37.0 Å². The fraction of sp³-hybridized carbons (Fsp3) is 0.471. The number of anilines is 2. The van der Waals surface area contributed by atoms with E-state index < -0.39 is 0 Å². The van der Waals surface area contributed by atoms with Crippen molar-refractivity contribution in [1.82, 2.24) is 4.98 Å². The molecule has 0 spiro atoms. The third-order valence-electron chi connectivity index (χ3n) is 4.14. The van der Waals surface area contributed by atoms with E-state index in [9.17, 15) is 0 Å². The van der Waals surface area contributed by atoms with Crippen molar-refractivity contribution in [3.8, 4) is 0 Å². The molecule has 22 heavy (non-hydrogen) atoms. The summed E-state index contributed by atoms with van der Waals surface area (Å²) >= 11 is 1.73. The quantitative estimate of drug-likeness (QED) is 0.886. The van der Waals surface area contributed by atoms with Crippen LogP contribution < -0.4 is 10.2 Å². The Balaban J connectivity index is 1.56. The van der Waals surface area contributed by atoms with Crippen molar-refractivity contribution in [3.05, 3.63) is 41.4 Å². The molecule has 0 unspecified atom stereocenters. The fourth-order valence-corrected chi connectivity index (χ4v) is 3.60. The topological polar surface area (TPSA) is 37.4 Å². The van der Waals surface area contributed by atoms with Crippen LogP contribution in [-0.4, -0.2) is 37.8 Å². The number of rotatable bonds is 6. The van der Waals surface area contributed by atoms with Crippen LogP contribution in [0.1, 0.15) is 18.4 Å². The zero-order chi connectivity index (χ0) is 15.2. The van der Waals surface area contributed by atoms with Crippen LogP contribution in [0.4, 0.5) is 10.8 Å². The Morgan fingerprint density at radius 1 is 1.32 bits per heavy atom. The van der Waals surface area contributed by atoms with Crippen LogP contribution in [0.2, 0.25) is 0 Å². The summed E-state index contributed by atoms with van der Waals surface area (Å²) in [5, 5.41) is 6.92. The van der Waals surface area contributed by atoms with Gasteiger partial charge in [0.15, 0.2) is 5.13 Å². The van der Waals surface area contributed by atoms with E-state index in [1.807, 2.05) is 11.6 Å². The smallest absolute Gasteiger partial charge is 0.185 e. The fourth-order valence-electron chi connectivity index (χ4n) is 2.90. The van der Waals surface area contributed by atoms with Gasteiger partial charge in [0.25, 0.3) is 0 Å². The summed E-state index contributed by atoms with van der Waals surface area (Å²) < 4.78 is 5.21. The summed E-state index contributed by atoms with van der Waals surface area (Å²) in [5.74, 6) is 0. The van der Waals surface area contributed by atoms with Gasteiger partial charge in [-0.25, -0.2) is 4.98 Å². The molecule has 0 amide bonds. The normalized spacial score (nSPS) is 16.0. The van der Waals surface area contributed by atoms with Crippen LogP contribution >= 0.6 is 11.3 Å². The largest absolute Gasteiger partial charge is 0.384 e. The number of nitrogens with one attached hydrogen (secondary N) is 1. The number of hydrogen-bond donors (Lipinski definition) is 1. The average molecular weight is 317 g/mol. The highest BCUT2D eigenvalue weighted by Gasteiger charge is 2.21. The van der Waals surface area contributed by atoms with Crippen LogP contribution in [-0.2, 0) is 11.2 Å². The van der Waals surface area contributed by atoms with E-state index in [2.05, 4.69) is 39.5 Å². The van der Waals surface area contributed by atoms with E-state index in [-0.39, 0.29) is 0 Å². The number of nitrogens with zero attached hydrogens (tertiary/aromatic N) is 2. The minimum atomic E-state index is 0.542. The van der Waals surface area contributed by atoms with Crippen molar-refractivity contribution < 1.29 is 4.74 Å². The summed E-state index contributed by atoms with van der Waals surface area (Å²) in [6, 6.07) is 9.11. The van der Waals surface area contributed by atoms with E-state index in [0.717, 1.165) is 44.1 Å². The van der Waals surface area contributed by atoms with Gasteiger partial charge in [-0.15, -0.1) is 11.3 Å². The van der Waals surface area contributed by atoms with Gasteiger partial charge in [0, 0.05) is 43.5 Å². The van der Waals surface area contributed by atoms with Gasteiger partial charge in [-0.1, -0.05) is 18.2 Å². The van der Waals surface area contributed by atoms with Crippen LogP contribution in [0.25, 0.3) is 0 Å². The molecule has 2 aromatic rings. The van der Waals surface area contributed by atoms with E-state index in [1.165, 1.54) is 11.3 Å². The van der Waals surface area contributed by atoms with E-state index >= 15 is 0 Å².